The van der Waals surface area contributed by atoms with Gasteiger partial charge in [0, 0.05) is 11.2 Å². The average Bonchev–Trinajstić information content (AvgIpc) is 3.16. The summed E-state index contributed by atoms with van der Waals surface area (Å²) < 4.78 is 12.1. The lowest BCUT2D eigenvalue weighted by Gasteiger charge is -2.09. The zero-order valence-corrected chi connectivity index (χ0v) is 16.3. The summed E-state index contributed by atoms with van der Waals surface area (Å²) in [5, 5.41) is 18.5. The van der Waals surface area contributed by atoms with Gasteiger partial charge in [-0.25, -0.2) is 4.68 Å². The van der Waals surface area contributed by atoms with E-state index in [1.807, 2.05) is 6.92 Å². The fourth-order valence-electron chi connectivity index (χ4n) is 2.55. The lowest BCUT2D eigenvalue weighted by molar-refractivity contribution is -0.384. The van der Waals surface area contributed by atoms with Gasteiger partial charge in [-0.15, -0.1) is 0 Å². The molecule has 0 radical (unpaired) electrons. The van der Waals surface area contributed by atoms with E-state index in [0.717, 1.165) is 5.56 Å². The summed E-state index contributed by atoms with van der Waals surface area (Å²) >= 11 is 5.92. The molecule has 150 valence electrons. The highest BCUT2D eigenvalue weighted by molar-refractivity contribution is 6.30. The summed E-state index contributed by atoms with van der Waals surface area (Å²) in [6.45, 7) is 1.95. The Balaban J connectivity index is 1.69. The molecule has 0 saturated carbocycles. The first-order valence-corrected chi connectivity index (χ1v) is 8.81. The number of amides is 1. The zero-order chi connectivity index (χ0) is 21.0. The Morgan fingerprint density at radius 1 is 1.28 bits per heavy atom. The molecule has 0 atom stereocenters. The van der Waals surface area contributed by atoms with Gasteiger partial charge in [-0.2, -0.15) is 5.10 Å². The number of anilines is 1. The van der Waals surface area contributed by atoms with E-state index >= 15 is 0 Å². The number of ether oxygens (including phenoxy) is 2. The third-order valence-corrected chi connectivity index (χ3v) is 4.25. The summed E-state index contributed by atoms with van der Waals surface area (Å²) in [5.41, 5.74) is 0.725. The molecule has 0 aliphatic heterocycles. The number of hydrogen-bond acceptors (Lipinski definition) is 6. The van der Waals surface area contributed by atoms with Crippen LogP contribution >= 0.6 is 11.6 Å². The summed E-state index contributed by atoms with van der Waals surface area (Å²) in [7, 11) is 1.40. The van der Waals surface area contributed by atoms with E-state index in [0.29, 0.717) is 16.5 Å². The molecule has 0 aliphatic carbocycles. The van der Waals surface area contributed by atoms with Crippen LogP contribution in [0.3, 0.4) is 0 Å². The zero-order valence-electron chi connectivity index (χ0n) is 15.6. The number of nitro groups is 1. The second-order valence-corrected chi connectivity index (χ2v) is 6.45. The number of nitrogens with zero attached hydrogens (tertiary/aromatic N) is 3. The van der Waals surface area contributed by atoms with Gasteiger partial charge in [-0.1, -0.05) is 11.6 Å². The molecule has 0 fully saturated rings. The average molecular weight is 417 g/mol. The van der Waals surface area contributed by atoms with Crippen molar-refractivity contribution >= 4 is 28.9 Å². The van der Waals surface area contributed by atoms with Crippen molar-refractivity contribution in [2.45, 2.75) is 13.7 Å². The third kappa shape index (κ3) is 4.82. The molecule has 0 aliphatic rings. The summed E-state index contributed by atoms with van der Waals surface area (Å²) in [5.74, 6) is 0.373. The summed E-state index contributed by atoms with van der Waals surface area (Å²) in [4.78, 5) is 23.1. The van der Waals surface area contributed by atoms with Gasteiger partial charge < -0.3 is 14.8 Å². The summed E-state index contributed by atoms with van der Waals surface area (Å²) in [6.07, 6.45) is 1.57. The lowest BCUT2D eigenvalue weighted by atomic mass is 10.2. The van der Waals surface area contributed by atoms with Crippen LogP contribution in [-0.2, 0) is 6.73 Å². The number of halogens is 1. The number of hydrogen-bond donors (Lipinski definition) is 1. The number of nitrogens with one attached hydrogen (secondary N) is 1. The fraction of sp³-hybridized carbons (Fsp3) is 0.158. The van der Waals surface area contributed by atoms with Gasteiger partial charge >= 0.3 is 0 Å². The topological polar surface area (TPSA) is 109 Å². The standard InChI is InChI=1S/C19H17ClN4O5/c1-12-9-13(20)3-6-18(12)29-11-23-8-7-16(22-23)19(25)21-15-5-4-14(28-2)10-17(15)24(26)27/h3-10H,11H2,1-2H3,(H,21,25). The first-order chi connectivity index (χ1) is 13.9. The molecule has 29 heavy (non-hydrogen) atoms. The Morgan fingerprint density at radius 3 is 2.76 bits per heavy atom. The monoisotopic (exact) mass is 416 g/mol. The number of benzene rings is 2. The van der Waals surface area contributed by atoms with Crippen molar-refractivity contribution in [3.05, 3.63) is 75.1 Å². The minimum absolute atomic E-state index is 0.0448. The van der Waals surface area contributed by atoms with Crippen LogP contribution in [0.2, 0.25) is 5.02 Å². The van der Waals surface area contributed by atoms with Gasteiger partial charge in [0.05, 0.1) is 18.1 Å². The van der Waals surface area contributed by atoms with Crippen LogP contribution in [0.4, 0.5) is 11.4 Å². The molecule has 1 amide bonds. The maximum absolute atomic E-state index is 12.4. The first kappa shape index (κ1) is 20.2. The van der Waals surface area contributed by atoms with Crippen molar-refractivity contribution in [3.8, 4) is 11.5 Å². The Hall–Kier alpha value is -3.59. The van der Waals surface area contributed by atoms with Crippen molar-refractivity contribution in [2.75, 3.05) is 12.4 Å². The Morgan fingerprint density at radius 2 is 2.07 bits per heavy atom. The number of carbonyl (C=O) groups is 1. The molecule has 1 heterocycles. The number of aryl methyl sites for hydroxylation is 1. The Kier molecular flexibility index (Phi) is 5.99. The molecular formula is C19H17ClN4O5. The SMILES string of the molecule is COc1ccc(NC(=O)c2ccn(COc3ccc(Cl)cc3C)n2)c([N+](=O)[O-])c1. The highest BCUT2D eigenvalue weighted by atomic mass is 35.5. The number of carbonyl (C=O) groups excluding carboxylic acids is 1. The predicted molar refractivity (Wildman–Crippen MR) is 107 cm³/mol. The molecule has 3 aromatic rings. The van der Waals surface area contributed by atoms with Crippen LogP contribution < -0.4 is 14.8 Å². The van der Waals surface area contributed by atoms with Crippen molar-refractivity contribution in [3.63, 3.8) is 0 Å². The summed E-state index contributed by atoms with van der Waals surface area (Å²) in [6, 6.07) is 10.9. The van der Waals surface area contributed by atoms with E-state index in [4.69, 9.17) is 21.1 Å². The fourth-order valence-corrected chi connectivity index (χ4v) is 2.77. The molecule has 0 saturated heterocycles. The second kappa shape index (κ2) is 8.61. The largest absolute Gasteiger partial charge is 0.496 e. The van der Waals surface area contributed by atoms with Gasteiger partial charge in [0.2, 0.25) is 0 Å². The van der Waals surface area contributed by atoms with Crippen molar-refractivity contribution in [2.24, 2.45) is 0 Å². The molecule has 1 N–H and O–H groups in total. The van der Waals surface area contributed by atoms with Crippen LogP contribution in [0.15, 0.2) is 48.7 Å². The van der Waals surface area contributed by atoms with Crippen molar-refractivity contribution < 1.29 is 19.2 Å². The first-order valence-electron chi connectivity index (χ1n) is 8.43. The third-order valence-electron chi connectivity index (χ3n) is 4.01. The molecule has 2 aromatic carbocycles. The molecule has 3 rings (SSSR count). The van der Waals surface area contributed by atoms with Crippen molar-refractivity contribution in [1.82, 2.24) is 9.78 Å². The maximum Gasteiger partial charge on any atom is 0.296 e. The van der Waals surface area contributed by atoms with Gasteiger partial charge in [-0.05, 0) is 48.9 Å². The minimum Gasteiger partial charge on any atom is -0.496 e. The van der Waals surface area contributed by atoms with E-state index in [-0.39, 0.29) is 23.8 Å². The van der Waals surface area contributed by atoms with Crippen LogP contribution in [0.25, 0.3) is 0 Å². The highest BCUT2D eigenvalue weighted by Crippen LogP contribution is 2.29. The maximum atomic E-state index is 12.4. The lowest BCUT2D eigenvalue weighted by Crippen LogP contribution is -2.15. The smallest absolute Gasteiger partial charge is 0.296 e. The van der Waals surface area contributed by atoms with Gasteiger partial charge in [-0.3, -0.25) is 14.9 Å². The number of aromatic nitrogens is 2. The molecule has 10 heteroatoms. The van der Waals surface area contributed by atoms with Gasteiger partial charge in [0.1, 0.15) is 17.2 Å². The Bertz CT molecular complexity index is 1070. The number of rotatable bonds is 7. The number of nitro benzene ring substituents is 1. The van der Waals surface area contributed by atoms with E-state index in [1.54, 1.807) is 24.4 Å². The predicted octanol–water partition coefficient (Wildman–Crippen LogP) is 4.05. The van der Waals surface area contributed by atoms with Gasteiger partial charge in [0.15, 0.2) is 12.4 Å². The minimum atomic E-state index is -0.598. The molecular weight excluding hydrogens is 400 g/mol. The van der Waals surface area contributed by atoms with Gasteiger partial charge in [0.25, 0.3) is 11.6 Å². The molecule has 0 unspecified atom stereocenters. The number of methoxy groups -OCH3 is 1. The van der Waals surface area contributed by atoms with Crippen molar-refractivity contribution in [1.29, 1.82) is 0 Å². The Labute approximate surface area is 171 Å². The quantitative estimate of drug-likeness (QED) is 0.459. The van der Waals surface area contributed by atoms with E-state index in [2.05, 4.69) is 10.4 Å². The van der Waals surface area contributed by atoms with Crippen LogP contribution in [0.1, 0.15) is 16.1 Å². The van der Waals surface area contributed by atoms with E-state index in [1.165, 1.54) is 36.1 Å². The second-order valence-electron chi connectivity index (χ2n) is 6.02. The molecule has 9 nitrogen and oxygen atoms in total. The molecule has 1 aromatic heterocycles. The normalized spacial score (nSPS) is 10.4. The van der Waals surface area contributed by atoms with Crippen LogP contribution in [-0.4, -0.2) is 27.7 Å². The highest BCUT2D eigenvalue weighted by Gasteiger charge is 2.19. The van der Waals surface area contributed by atoms with E-state index in [9.17, 15) is 14.9 Å². The molecule has 0 spiro atoms. The van der Waals surface area contributed by atoms with E-state index < -0.39 is 10.8 Å². The molecule has 0 bridgehead atoms. The van der Waals surface area contributed by atoms with Crippen LogP contribution in [0.5, 0.6) is 11.5 Å². The van der Waals surface area contributed by atoms with Crippen LogP contribution in [0, 0.1) is 17.0 Å².